The third-order valence-electron chi connectivity index (χ3n) is 2.42. The van der Waals surface area contributed by atoms with Crippen LogP contribution in [0.25, 0.3) is 12.2 Å². The zero-order valence-corrected chi connectivity index (χ0v) is 10.2. The van der Waals surface area contributed by atoms with E-state index in [2.05, 4.69) is 20.1 Å². The molecule has 0 N–H and O–H groups in total. The maximum atomic E-state index is 11.8. The highest BCUT2D eigenvalue weighted by Crippen LogP contribution is 2.14. The monoisotopic (exact) mass is 230 g/mol. The number of hydrogen-bond acceptors (Lipinski definition) is 2. The predicted octanol–water partition coefficient (Wildman–Crippen LogP) is 3.93. The van der Waals surface area contributed by atoms with Gasteiger partial charge in [0.1, 0.15) is 0 Å². The lowest BCUT2D eigenvalue weighted by molar-refractivity contribution is 0.0499. The van der Waals surface area contributed by atoms with Crippen molar-refractivity contribution in [3.05, 3.63) is 48.0 Å². The first-order valence-corrected chi connectivity index (χ1v) is 5.78. The molecule has 17 heavy (non-hydrogen) atoms. The van der Waals surface area contributed by atoms with E-state index < -0.39 is 0 Å². The molecule has 0 saturated carbocycles. The third kappa shape index (κ3) is 3.91. The second-order valence-corrected chi connectivity index (χ2v) is 3.79. The van der Waals surface area contributed by atoms with Gasteiger partial charge in [-0.15, -0.1) is 0 Å². The molecule has 1 aromatic carbocycles. The molecule has 0 heterocycles. The Labute approximate surface area is 103 Å². The highest BCUT2D eigenvalue weighted by Gasteiger charge is 2.08. The van der Waals surface area contributed by atoms with Crippen molar-refractivity contribution in [2.75, 3.05) is 6.61 Å². The Kier molecular flexibility index (Phi) is 5.21. The van der Waals surface area contributed by atoms with Crippen molar-refractivity contribution in [1.29, 1.82) is 0 Å². The molecular weight excluding hydrogens is 212 g/mol. The molecule has 0 fully saturated rings. The maximum absolute atomic E-state index is 11.8. The van der Waals surface area contributed by atoms with Crippen LogP contribution in [0.1, 0.15) is 41.3 Å². The molecule has 0 aliphatic rings. The Morgan fingerprint density at radius 3 is 2.29 bits per heavy atom. The number of ether oxygens (including phenoxy) is 1. The minimum atomic E-state index is -0.287. The fourth-order valence-electron chi connectivity index (χ4n) is 1.42. The van der Waals surface area contributed by atoms with Crippen LogP contribution in [0.2, 0.25) is 0 Å². The first kappa shape index (κ1) is 13.2. The van der Waals surface area contributed by atoms with Crippen molar-refractivity contribution in [1.82, 2.24) is 0 Å². The number of carbonyl (C=O) groups excluding carboxylic acids is 1. The predicted molar refractivity (Wildman–Crippen MR) is 71.8 cm³/mol. The van der Waals surface area contributed by atoms with E-state index in [-0.39, 0.29) is 5.97 Å². The van der Waals surface area contributed by atoms with Crippen LogP contribution in [0.15, 0.2) is 31.4 Å². The average molecular weight is 230 g/mol. The molecule has 0 aromatic heterocycles. The SMILES string of the molecule is C=Cc1cc(C=C)cc(C(=O)OCCCC)c1. The van der Waals surface area contributed by atoms with Gasteiger partial charge in [-0.3, -0.25) is 0 Å². The molecule has 90 valence electrons. The third-order valence-corrected chi connectivity index (χ3v) is 2.42. The van der Waals surface area contributed by atoms with Crippen molar-refractivity contribution in [2.45, 2.75) is 19.8 Å². The van der Waals surface area contributed by atoms with Gasteiger partial charge in [0.25, 0.3) is 0 Å². The van der Waals surface area contributed by atoms with Gasteiger partial charge in [0.15, 0.2) is 0 Å². The van der Waals surface area contributed by atoms with E-state index in [1.165, 1.54) is 0 Å². The van der Waals surface area contributed by atoms with E-state index in [9.17, 15) is 4.79 Å². The van der Waals surface area contributed by atoms with Gasteiger partial charge in [-0.05, 0) is 35.7 Å². The smallest absolute Gasteiger partial charge is 0.338 e. The van der Waals surface area contributed by atoms with Gasteiger partial charge in [0.05, 0.1) is 12.2 Å². The van der Waals surface area contributed by atoms with Crippen molar-refractivity contribution in [3.8, 4) is 0 Å². The van der Waals surface area contributed by atoms with Crippen LogP contribution >= 0.6 is 0 Å². The summed E-state index contributed by atoms with van der Waals surface area (Å²) in [7, 11) is 0. The largest absolute Gasteiger partial charge is 0.462 e. The fraction of sp³-hybridized carbons (Fsp3) is 0.267. The van der Waals surface area contributed by atoms with Crippen LogP contribution < -0.4 is 0 Å². The summed E-state index contributed by atoms with van der Waals surface area (Å²) >= 11 is 0. The summed E-state index contributed by atoms with van der Waals surface area (Å²) in [5, 5.41) is 0. The summed E-state index contributed by atoms with van der Waals surface area (Å²) in [5.74, 6) is -0.287. The number of rotatable bonds is 6. The Bertz CT molecular complexity index is 393. The highest BCUT2D eigenvalue weighted by atomic mass is 16.5. The Morgan fingerprint density at radius 1 is 1.24 bits per heavy atom. The first-order chi connectivity index (χ1) is 8.21. The van der Waals surface area contributed by atoms with Gasteiger partial charge >= 0.3 is 5.97 Å². The zero-order chi connectivity index (χ0) is 12.7. The van der Waals surface area contributed by atoms with Crippen molar-refractivity contribution < 1.29 is 9.53 Å². The molecule has 0 radical (unpaired) electrons. The van der Waals surface area contributed by atoms with E-state index in [4.69, 9.17) is 4.74 Å². The van der Waals surface area contributed by atoms with Gasteiger partial charge in [0.2, 0.25) is 0 Å². The lowest BCUT2D eigenvalue weighted by Crippen LogP contribution is -2.06. The molecule has 2 nitrogen and oxygen atoms in total. The minimum absolute atomic E-state index is 0.287. The van der Waals surface area contributed by atoms with Gasteiger partial charge in [-0.25, -0.2) is 4.79 Å². The molecule has 0 aliphatic carbocycles. The Morgan fingerprint density at radius 2 is 1.82 bits per heavy atom. The quantitative estimate of drug-likeness (QED) is 0.546. The van der Waals surface area contributed by atoms with Crippen LogP contribution in [0.4, 0.5) is 0 Å². The Balaban J connectivity index is 2.84. The van der Waals surface area contributed by atoms with Crippen molar-refractivity contribution in [2.24, 2.45) is 0 Å². The molecule has 0 saturated heterocycles. The normalized spacial score (nSPS) is 9.71. The van der Waals surface area contributed by atoms with E-state index in [1.807, 2.05) is 6.07 Å². The summed E-state index contributed by atoms with van der Waals surface area (Å²) in [6.07, 6.45) is 5.31. The van der Waals surface area contributed by atoms with Gasteiger partial charge in [-0.1, -0.05) is 38.7 Å². The fourth-order valence-corrected chi connectivity index (χ4v) is 1.42. The molecule has 0 bridgehead atoms. The molecule has 0 unspecified atom stereocenters. The number of carbonyl (C=O) groups is 1. The van der Waals surface area contributed by atoms with Gasteiger partial charge in [-0.2, -0.15) is 0 Å². The second-order valence-electron chi connectivity index (χ2n) is 3.79. The number of esters is 1. The lowest BCUT2D eigenvalue weighted by atomic mass is 10.1. The number of unbranched alkanes of at least 4 members (excludes halogenated alkanes) is 1. The summed E-state index contributed by atoms with van der Waals surface area (Å²) in [6.45, 7) is 9.92. The summed E-state index contributed by atoms with van der Waals surface area (Å²) in [5.41, 5.74) is 2.34. The van der Waals surface area contributed by atoms with Crippen LogP contribution in [0, 0.1) is 0 Å². The van der Waals surface area contributed by atoms with Crippen LogP contribution in [-0.4, -0.2) is 12.6 Å². The molecule has 0 aliphatic heterocycles. The van der Waals surface area contributed by atoms with E-state index in [0.29, 0.717) is 12.2 Å². The van der Waals surface area contributed by atoms with Crippen molar-refractivity contribution >= 4 is 18.1 Å². The maximum Gasteiger partial charge on any atom is 0.338 e. The molecule has 1 aromatic rings. The van der Waals surface area contributed by atoms with Gasteiger partial charge < -0.3 is 4.74 Å². The summed E-state index contributed by atoms with van der Waals surface area (Å²) in [4.78, 5) is 11.8. The van der Waals surface area contributed by atoms with E-state index in [1.54, 1.807) is 24.3 Å². The second kappa shape index (κ2) is 6.69. The molecule has 1 rings (SSSR count). The molecule has 0 amide bonds. The minimum Gasteiger partial charge on any atom is -0.462 e. The van der Waals surface area contributed by atoms with Gasteiger partial charge in [0, 0.05) is 0 Å². The lowest BCUT2D eigenvalue weighted by Gasteiger charge is -2.06. The number of benzene rings is 1. The topological polar surface area (TPSA) is 26.3 Å². The molecule has 2 heteroatoms. The average Bonchev–Trinajstić information content (AvgIpc) is 2.38. The zero-order valence-electron chi connectivity index (χ0n) is 10.2. The van der Waals surface area contributed by atoms with Crippen molar-refractivity contribution in [3.63, 3.8) is 0 Å². The van der Waals surface area contributed by atoms with E-state index >= 15 is 0 Å². The number of hydrogen-bond donors (Lipinski definition) is 0. The molecular formula is C15H18O2. The standard InChI is InChI=1S/C15H18O2/c1-4-7-8-17-15(16)14-10-12(5-2)9-13(6-3)11-14/h5-6,9-11H,2-4,7-8H2,1H3. The molecule has 0 spiro atoms. The van der Waals surface area contributed by atoms with Crippen LogP contribution in [-0.2, 0) is 4.74 Å². The first-order valence-electron chi connectivity index (χ1n) is 5.78. The van der Waals surface area contributed by atoms with E-state index in [0.717, 1.165) is 24.0 Å². The summed E-state index contributed by atoms with van der Waals surface area (Å²) < 4.78 is 5.16. The highest BCUT2D eigenvalue weighted by molar-refractivity contribution is 5.91. The van der Waals surface area contributed by atoms with Crippen LogP contribution in [0.5, 0.6) is 0 Å². The Hall–Kier alpha value is -1.83. The molecule has 0 atom stereocenters. The summed E-state index contributed by atoms with van der Waals surface area (Å²) in [6, 6.07) is 5.46. The van der Waals surface area contributed by atoms with Crippen LogP contribution in [0.3, 0.4) is 0 Å².